The number of amides is 2. The Balaban J connectivity index is 1.93. The van der Waals surface area contributed by atoms with E-state index >= 15 is 0 Å². The third kappa shape index (κ3) is 5.34. The molecule has 0 spiro atoms. The van der Waals surface area contributed by atoms with Crippen LogP contribution in [0.3, 0.4) is 0 Å². The summed E-state index contributed by atoms with van der Waals surface area (Å²) in [5, 5.41) is 19.0. The first kappa shape index (κ1) is 22.6. The van der Waals surface area contributed by atoms with Crippen molar-refractivity contribution in [3.05, 3.63) is 77.4 Å². The molecule has 0 saturated carbocycles. The number of carbonyl (C=O) groups is 1. The van der Waals surface area contributed by atoms with Crippen molar-refractivity contribution in [2.75, 3.05) is 10.3 Å². The molecule has 0 atom stereocenters. The van der Waals surface area contributed by atoms with Crippen LogP contribution in [-0.4, -0.2) is 20.9 Å². The van der Waals surface area contributed by atoms with Crippen molar-refractivity contribution >= 4 is 11.7 Å². The normalized spacial score (nSPS) is 11.7. The zero-order valence-corrected chi connectivity index (χ0v) is 15.8. The molecule has 2 aromatic carbocycles. The minimum Gasteiger partial charge on any atom is -0.306 e. The zero-order valence-electron chi connectivity index (χ0n) is 15.8. The molecule has 0 aliphatic heterocycles. The van der Waals surface area contributed by atoms with Crippen molar-refractivity contribution in [1.29, 1.82) is 5.26 Å². The molecular formula is C19H12F6N6O. The highest BCUT2D eigenvalue weighted by atomic mass is 19.4. The van der Waals surface area contributed by atoms with Gasteiger partial charge in [0.25, 0.3) is 0 Å². The largest absolute Gasteiger partial charge is 0.416 e. The van der Waals surface area contributed by atoms with Crippen molar-refractivity contribution in [2.24, 2.45) is 0 Å². The number of halogens is 6. The highest BCUT2D eigenvalue weighted by Crippen LogP contribution is 2.37. The van der Waals surface area contributed by atoms with Crippen LogP contribution in [0.25, 0.3) is 0 Å². The molecule has 2 amide bonds. The average Bonchev–Trinajstić information content (AvgIpc) is 3.25. The summed E-state index contributed by atoms with van der Waals surface area (Å²) in [6.45, 7) is -0.152. The van der Waals surface area contributed by atoms with Crippen LogP contribution in [0.1, 0.15) is 22.3 Å². The van der Waals surface area contributed by atoms with Crippen molar-refractivity contribution in [3.63, 3.8) is 0 Å². The number of benzene rings is 2. The van der Waals surface area contributed by atoms with Crippen LogP contribution in [0.2, 0.25) is 0 Å². The van der Waals surface area contributed by atoms with Gasteiger partial charge in [-0.15, -0.1) is 10.2 Å². The Morgan fingerprint density at radius 2 is 1.50 bits per heavy atom. The molecule has 0 fully saturated rings. The summed E-state index contributed by atoms with van der Waals surface area (Å²) >= 11 is 0. The second kappa shape index (κ2) is 8.58. The predicted molar refractivity (Wildman–Crippen MR) is 98.6 cm³/mol. The lowest BCUT2D eigenvalue weighted by Gasteiger charge is -2.24. The summed E-state index contributed by atoms with van der Waals surface area (Å²) in [4.78, 5) is 12.8. The van der Waals surface area contributed by atoms with Crippen LogP contribution in [0, 0.1) is 11.3 Å². The van der Waals surface area contributed by atoms with Gasteiger partial charge in [0.15, 0.2) is 0 Å². The van der Waals surface area contributed by atoms with Crippen molar-refractivity contribution < 1.29 is 31.1 Å². The molecule has 0 radical (unpaired) electrons. The van der Waals surface area contributed by atoms with E-state index < -0.39 is 35.2 Å². The summed E-state index contributed by atoms with van der Waals surface area (Å²) in [5.74, 6) is 0. The van der Waals surface area contributed by atoms with E-state index in [-0.39, 0.29) is 12.6 Å². The lowest BCUT2D eigenvalue weighted by molar-refractivity contribution is -0.143. The molecular weight excluding hydrogens is 442 g/mol. The number of nitriles is 1. The van der Waals surface area contributed by atoms with Gasteiger partial charge in [0.1, 0.15) is 12.7 Å². The Morgan fingerprint density at radius 3 is 1.97 bits per heavy atom. The first-order valence-electron chi connectivity index (χ1n) is 8.69. The van der Waals surface area contributed by atoms with Crippen LogP contribution in [-0.2, 0) is 18.9 Å². The number of hydrogen-bond acceptors (Lipinski definition) is 4. The van der Waals surface area contributed by atoms with Gasteiger partial charge in [-0.1, -0.05) is 12.1 Å². The number of rotatable bonds is 4. The fourth-order valence-electron chi connectivity index (χ4n) is 2.65. The smallest absolute Gasteiger partial charge is 0.306 e. The molecule has 0 aliphatic rings. The molecule has 7 nitrogen and oxygen atoms in total. The minimum atomic E-state index is -5.06. The fraction of sp³-hybridized carbons (Fsp3) is 0.158. The standard InChI is InChI=1S/C19H12F6N6O/c20-18(21,22)14-5-15(19(23,24)25)7-16(6-14)29-17(32)31(30-10-27-28-11-30)9-13-3-1-12(8-26)2-4-13/h1-7,10-11H,9H2,(H,29,32). The molecule has 1 heterocycles. The minimum absolute atomic E-state index is 0.0377. The first-order valence-corrected chi connectivity index (χ1v) is 8.69. The van der Waals surface area contributed by atoms with E-state index in [0.717, 1.165) is 22.3 Å². The number of urea groups is 1. The summed E-state index contributed by atoms with van der Waals surface area (Å²) in [5.41, 5.74) is -2.95. The summed E-state index contributed by atoms with van der Waals surface area (Å²) < 4.78 is 79.5. The lowest BCUT2D eigenvalue weighted by atomic mass is 10.1. The molecule has 0 unspecified atom stereocenters. The topological polar surface area (TPSA) is 86.8 Å². The molecule has 13 heteroatoms. The van der Waals surface area contributed by atoms with E-state index in [1.165, 1.54) is 24.3 Å². The monoisotopic (exact) mass is 454 g/mol. The van der Waals surface area contributed by atoms with Crippen LogP contribution >= 0.6 is 0 Å². The van der Waals surface area contributed by atoms with E-state index in [2.05, 4.69) is 15.5 Å². The lowest BCUT2D eigenvalue weighted by Crippen LogP contribution is -2.42. The van der Waals surface area contributed by atoms with Gasteiger partial charge < -0.3 is 5.32 Å². The van der Waals surface area contributed by atoms with Crippen LogP contribution in [0.5, 0.6) is 0 Å². The maximum atomic E-state index is 13.1. The third-order valence-corrected chi connectivity index (χ3v) is 4.17. The molecule has 0 bridgehead atoms. The number of nitrogens with zero attached hydrogens (tertiary/aromatic N) is 5. The second-order valence-electron chi connectivity index (χ2n) is 6.43. The van der Waals surface area contributed by atoms with E-state index in [9.17, 15) is 31.1 Å². The first-order chi connectivity index (χ1) is 15.0. The second-order valence-corrected chi connectivity index (χ2v) is 6.43. The van der Waals surface area contributed by atoms with Gasteiger partial charge in [0.2, 0.25) is 0 Å². The molecule has 1 aromatic heterocycles. The maximum absolute atomic E-state index is 13.1. The maximum Gasteiger partial charge on any atom is 0.416 e. The van der Waals surface area contributed by atoms with Crippen molar-refractivity contribution in [2.45, 2.75) is 18.9 Å². The quantitative estimate of drug-likeness (QED) is 0.586. The van der Waals surface area contributed by atoms with E-state index in [0.29, 0.717) is 23.3 Å². The number of aromatic nitrogens is 3. The van der Waals surface area contributed by atoms with E-state index in [1.807, 2.05) is 6.07 Å². The molecule has 32 heavy (non-hydrogen) atoms. The van der Waals surface area contributed by atoms with Gasteiger partial charge in [-0.2, -0.15) is 31.6 Å². The number of alkyl halides is 6. The summed E-state index contributed by atoms with van der Waals surface area (Å²) in [6.07, 6.45) is -7.87. The van der Waals surface area contributed by atoms with Crippen LogP contribution in [0.4, 0.5) is 36.8 Å². The average molecular weight is 454 g/mol. The molecule has 1 N–H and O–H groups in total. The Labute approximate surface area is 176 Å². The fourth-order valence-corrected chi connectivity index (χ4v) is 2.65. The predicted octanol–water partition coefficient (Wildman–Crippen LogP) is 4.56. The Bertz CT molecular complexity index is 1100. The molecule has 0 saturated heterocycles. The van der Waals surface area contributed by atoms with Gasteiger partial charge in [-0.3, -0.25) is 0 Å². The summed E-state index contributed by atoms with van der Waals surface area (Å²) in [7, 11) is 0. The highest BCUT2D eigenvalue weighted by molar-refractivity contribution is 5.96. The van der Waals surface area contributed by atoms with Gasteiger partial charge >= 0.3 is 18.4 Å². The molecule has 166 valence electrons. The van der Waals surface area contributed by atoms with E-state index in [4.69, 9.17) is 5.26 Å². The molecule has 3 rings (SSSR count). The Morgan fingerprint density at radius 1 is 0.969 bits per heavy atom. The number of hydrogen-bond donors (Lipinski definition) is 1. The van der Waals surface area contributed by atoms with Gasteiger partial charge in [-0.25, -0.2) is 14.5 Å². The third-order valence-electron chi connectivity index (χ3n) is 4.17. The van der Waals surface area contributed by atoms with E-state index in [1.54, 1.807) is 0 Å². The highest BCUT2D eigenvalue weighted by Gasteiger charge is 2.37. The van der Waals surface area contributed by atoms with Gasteiger partial charge in [0.05, 0.1) is 29.3 Å². The van der Waals surface area contributed by atoms with Gasteiger partial charge in [0, 0.05) is 5.69 Å². The van der Waals surface area contributed by atoms with Gasteiger partial charge in [-0.05, 0) is 35.9 Å². The zero-order chi connectivity index (χ0) is 23.5. The van der Waals surface area contributed by atoms with Crippen molar-refractivity contribution in [3.8, 4) is 6.07 Å². The Kier molecular flexibility index (Phi) is 6.06. The van der Waals surface area contributed by atoms with Crippen LogP contribution < -0.4 is 10.3 Å². The number of carbonyl (C=O) groups excluding carboxylic acids is 1. The SMILES string of the molecule is N#Cc1ccc(CN(C(=O)Nc2cc(C(F)(F)F)cc(C(F)(F)F)c2)n2cnnc2)cc1. The van der Waals surface area contributed by atoms with Crippen LogP contribution in [0.15, 0.2) is 55.1 Å². The number of nitrogens with one attached hydrogen (secondary N) is 1. The summed E-state index contributed by atoms with van der Waals surface area (Å²) in [6, 6.07) is 7.70. The number of anilines is 1. The van der Waals surface area contributed by atoms with Crippen molar-refractivity contribution in [1.82, 2.24) is 14.9 Å². The Hall–Kier alpha value is -4.08. The molecule has 3 aromatic rings. The molecule has 0 aliphatic carbocycles.